The number of benzene rings is 9. The van der Waals surface area contributed by atoms with Gasteiger partial charge >= 0.3 is 0 Å². The van der Waals surface area contributed by atoms with Crippen molar-refractivity contribution in [3.8, 4) is 33.4 Å². The van der Waals surface area contributed by atoms with Gasteiger partial charge in [0.05, 0.1) is 0 Å². The van der Waals surface area contributed by atoms with Crippen molar-refractivity contribution in [2.75, 3.05) is 0 Å². The van der Waals surface area contributed by atoms with Gasteiger partial charge in [-0.05, 0) is 99.4 Å². The zero-order chi connectivity index (χ0) is 27.6. The van der Waals surface area contributed by atoms with E-state index in [1.807, 2.05) is 0 Å². The van der Waals surface area contributed by atoms with Crippen LogP contribution in [0.2, 0.25) is 0 Å². The monoisotopic (exact) mass is 530 g/mol. The van der Waals surface area contributed by atoms with Gasteiger partial charge in [-0.1, -0.05) is 146 Å². The van der Waals surface area contributed by atoms with E-state index in [0.717, 1.165) is 0 Å². The van der Waals surface area contributed by atoms with Crippen molar-refractivity contribution in [2.45, 2.75) is 0 Å². The van der Waals surface area contributed by atoms with Gasteiger partial charge in [0.2, 0.25) is 0 Å². The topological polar surface area (TPSA) is 0 Å². The first-order valence-electron chi connectivity index (χ1n) is 14.6. The van der Waals surface area contributed by atoms with Gasteiger partial charge in [0.25, 0.3) is 0 Å². The molecule has 194 valence electrons. The quantitative estimate of drug-likeness (QED) is 0.157. The summed E-state index contributed by atoms with van der Waals surface area (Å²) < 4.78 is 0. The Morgan fingerprint density at radius 1 is 0.238 bits per heavy atom. The Hall–Kier alpha value is -5.46. The molecule has 0 nitrogen and oxygen atoms in total. The second kappa shape index (κ2) is 9.03. The van der Waals surface area contributed by atoms with E-state index in [1.54, 1.807) is 0 Å². The Balaban J connectivity index is 1.39. The summed E-state index contributed by atoms with van der Waals surface area (Å²) in [6.45, 7) is 0. The maximum absolute atomic E-state index is 2.38. The van der Waals surface area contributed by atoms with Gasteiger partial charge in [0.1, 0.15) is 0 Å². The van der Waals surface area contributed by atoms with Crippen LogP contribution in [0.5, 0.6) is 0 Å². The fourth-order valence-corrected chi connectivity index (χ4v) is 7.14. The van der Waals surface area contributed by atoms with E-state index in [0.29, 0.717) is 0 Å². The summed E-state index contributed by atoms with van der Waals surface area (Å²) in [5, 5.41) is 13.1. The third-order valence-corrected chi connectivity index (χ3v) is 9.01. The largest absolute Gasteiger partial charge is 0.0622 e. The summed E-state index contributed by atoms with van der Waals surface area (Å²) in [6, 6.07) is 58.0. The molecule has 0 aromatic heterocycles. The lowest BCUT2D eigenvalue weighted by Gasteiger charge is -2.19. The number of hydrogen-bond acceptors (Lipinski definition) is 0. The molecule has 0 atom stereocenters. The summed E-state index contributed by atoms with van der Waals surface area (Å²) >= 11 is 0. The molecular formula is C42H26. The van der Waals surface area contributed by atoms with E-state index >= 15 is 0 Å². The molecule has 0 aliphatic carbocycles. The lowest BCUT2D eigenvalue weighted by molar-refractivity contribution is 1.63. The first kappa shape index (κ1) is 23.3. The van der Waals surface area contributed by atoms with Gasteiger partial charge in [-0.3, -0.25) is 0 Å². The zero-order valence-corrected chi connectivity index (χ0v) is 23.0. The molecule has 0 saturated carbocycles. The zero-order valence-electron chi connectivity index (χ0n) is 23.0. The summed E-state index contributed by atoms with van der Waals surface area (Å²) in [7, 11) is 0. The van der Waals surface area contributed by atoms with Crippen molar-refractivity contribution in [1.29, 1.82) is 0 Å². The predicted octanol–water partition coefficient (Wildman–Crippen LogP) is 11.9. The van der Waals surface area contributed by atoms with E-state index in [1.165, 1.54) is 87.2 Å². The van der Waals surface area contributed by atoms with Gasteiger partial charge in [-0.2, -0.15) is 0 Å². The Labute approximate surface area is 244 Å². The predicted molar refractivity (Wildman–Crippen MR) is 181 cm³/mol. The molecule has 9 aromatic carbocycles. The van der Waals surface area contributed by atoms with Gasteiger partial charge in [0.15, 0.2) is 0 Å². The SMILES string of the molecule is c1ccc(-c2cc3ccccc3cc2-c2ccc3c4cccc5c(-c6ccccc6)ccc(c6cccc2c63)c54)cc1. The molecular weight excluding hydrogens is 504 g/mol. The van der Waals surface area contributed by atoms with E-state index in [2.05, 4.69) is 158 Å². The third kappa shape index (κ3) is 3.36. The first-order valence-corrected chi connectivity index (χ1v) is 14.6. The van der Waals surface area contributed by atoms with Gasteiger partial charge in [0, 0.05) is 0 Å². The molecule has 0 N–H and O–H groups in total. The molecule has 9 rings (SSSR count). The molecule has 0 unspecified atom stereocenters. The molecule has 0 bridgehead atoms. The number of fused-ring (bicyclic) bond motifs is 3. The average Bonchev–Trinajstić information content (AvgIpc) is 3.07. The standard InChI is InChI=1S/C42H26/c1-3-11-27(12-4-1)31-21-23-37-36-20-10-18-34-32(22-24-38(42(34)36)35-19-9-17-33(31)41(35)37)40-26-30-16-8-7-15-29(30)25-39(40)28-13-5-2-6-14-28/h1-26H. The van der Waals surface area contributed by atoms with Gasteiger partial charge < -0.3 is 0 Å². The summed E-state index contributed by atoms with van der Waals surface area (Å²) in [6.07, 6.45) is 0. The summed E-state index contributed by atoms with van der Waals surface area (Å²) in [4.78, 5) is 0. The van der Waals surface area contributed by atoms with Crippen molar-refractivity contribution in [3.05, 3.63) is 158 Å². The molecule has 42 heavy (non-hydrogen) atoms. The summed E-state index contributed by atoms with van der Waals surface area (Å²) in [5.41, 5.74) is 7.59. The second-order valence-electron chi connectivity index (χ2n) is 11.3. The van der Waals surface area contributed by atoms with Crippen LogP contribution >= 0.6 is 0 Å². The minimum atomic E-state index is 1.24. The molecule has 0 heterocycles. The molecule has 0 heteroatoms. The second-order valence-corrected chi connectivity index (χ2v) is 11.3. The summed E-state index contributed by atoms with van der Waals surface area (Å²) in [5.74, 6) is 0. The van der Waals surface area contributed by atoms with Crippen LogP contribution in [-0.2, 0) is 0 Å². The van der Waals surface area contributed by atoms with E-state index in [4.69, 9.17) is 0 Å². The highest BCUT2D eigenvalue weighted by molar-refractivity contribution is 6.35. The van der Waals surface area contributed by atoms with E-state index in [9.17, 15) is 0 Å². The van der Waals surface area contributed by atoms with Crippen LogP contribution < -0.4 is 0 Å². The van der Waals surface area contributed by atoms with Crippen molar-refractivity contribution >= 4 is 53.9 Å². The van der Waals surface area contributed by atoms with Crippen molar-refractivity contribution in [1.82, 2.24) is 0 Å². The Morgan fingerprint density at radius 3 is 1.26 bits per heavy atom. The maximum atomic E-state index is 2.38. The molecule has 0 fully saturated rings. The van der Waals surface area contributed by atoms with E-state index in [-0.39, 0.29) is 0 Å². The fourth-order valence-electron chi connectivity index (χ4n) is 7.14. The highest BCUT2D eigenvalue weighted by Crippen LogP contribution is 2.46. The molecule has 0 spiro atoms. The average molecular weight is 531 g/mol. The van der Waals surface area contributed by atoms with E-state index < -0.39 is 0 Å². The minimum Gasteiger partial charge on any atom is -0.0622 e. The Morgan fingerprint density at radius 2 is 0.667 bits per heavy atom. The molecule has 9 aromatic rings. The Kier molecular flexibility index (Phi) is 5.00. The first-order chi connectivity index (χ1) is 20.8. The van der Waals surface area contributed by atoms with Crippen LogP contribution in [0, 0.1) is 0 Å². The van der Waals surface area contributed by atoms with Crippen LogP contribution in [0.1, 0.15) is 0 Å². The van der Waals surface area contributed by atoms with Gasteiger partial charge in [-0.25, -0.2) is 0 Å². The van der Waals surface area contributed by atoms with Crippen molar-refractivity contribution in [3.63, 3.8) is 0 Å². The van der Waals surface area contributed by atoms with Crippen LogP contribution in [0.25, 0.3) is 87.2 Å². The van der Waals surface area contributed by atoms with Crippen LogP contribution in [0.15, 0.2) is 158 Å². The fraction of sp³-hybridized carbons (Fsp3) is 0. The van der Waals surface area contributed by atoms with Crippen LogP contribution in [0.3, 0.4) is 0 Å². The molecule has 0 amide bonds. The number of rotatable bonds is 3. The highest BCUT2D eigenvalue weighted by atomic mass is 14.2. The van der Waals surface area contributed by atoms with Gasteiger partial charge in [-0.15, -0.1) is 0 Å². The Bertz CT molecular complexity index is 2410. The third-order valence-electron chi connectivity index (χ3n) is 9.01. The lowest BCUT2D eigenvalue weighted by atomic mass is 9.84. The molecule has 0 radical (unpaired) electrons. The van der Waals surface area contributed by atoms with Crippen LogP contribution in [0.4, 0.5) is 0 Å². The molecule has 0 aliphatic heterocycles. The lowest BCUT2D eigenvalue weighted by Crippen LogP contribution is -1.92. The minimum absolute atomic E-state index is 1.24. The molecule has 0 saturated heterocycles. The highest BCUT2D eigenvalue weighted by Gasteiger charge is 2.18. The smallest absolute Gasteiger partial charge is 0.00201 e. The normalized spacial score (nSPS) is 11.8. The van der Waals surface area contributed by atoms with Crippen molar-refractivity contribution in [2.24, 2.45) is 0 Å². The number of hydrogen-bond donors (Lipinski definition) is 0. The maximum Gasteiger partial charge on any atom is -0.00201 e. The van der Waals surface area contributed by atoms with Crippen LogP contribution in [-0.4, -0.2) is 0 Å². The van der Waals surface area contributed by atoms with Crippen molar-refractivity contribution < 1.29 is 0 Å². The molecule has 0 aliphatic rings.